The summed E-state index contributed by atoms with van der Waals surface area (Å²) in [7, 11) is 2.16. The van der Waals surface area contributed by atoms with Crippen molar-refractivity contribution in [1.82, 2.24) is 10.3 Å². The molecule has 0 spiro atoms. The van der Waals surface area contributed by atoms with E-state index in [1.54, 1.807) is 0 Å². The molecule has 2 rings (SSSR count). The van der Waals surface area contributed by atoms with Crippen LogP contribution < -0.4 is 11.3 Å². The maximum Gasteiger partial charge on any atom is 0.389 e. The van der Waals surface area contributed by atoms with Gasteiger partial charge in [-0.1, -0.05) is 0 Å². The predicted octanol–water partition coefficient (Wildman–Crippen LogP) is 2.42. The second kappa shape index (κ2) is 5.97. The summed E-state index contributed by atoms with van der Waals surface area (Å²) in [4.78, 5) is 2.43. The Bertz CT molecular complexity index is 281. The van der Waals surface area contributed by atoms with E-state index in [1.165, 1.54) is 12.8 Å². The summed E-state index contributed by atoms with van der Waals surface area (Å²) in [5.41, 5.74) is 2.76. The fourth-order valence-corrected chi connectivity index (χ4v) is 3.76. The van der Waals surface area contributed by atoms with E-state index in [0.717, 1.165) is 12.8 Å². The minimum Gasteiger partial charge on any atom is -0.300 e. The summed E-state index contributed by atoms with van der Waals surface area (Å²) in [6.45, 7) is 0. The van der Waals surface area contributed by atoms with Crippen LogP contribution in [0.2, 0.25) is 0 Å². The molecule has 2 aliphatic rings. The van der Waals surface area contributed by atoms with Gasteiger partial charge in [0.1, 0.15) is 0 Å². The highest BCUT2D eigenvalue weighted by molar-refractivity contribution is 4.96. The van der Waals surface area contributed by atoms with E-state index in [2.05, 4.69) is 17.4 Å². The van der Waals surface area contributed by atoms with Crippen molar-refractivity contribution in [2.45, 2.75) is 69.2 Å². The van der Waals surface area contributed by atoms with Crippen LogP contribution in [0.25, 0.3) is 0 Å². The number of nitrogens with two attached hydrogens (primary N) is 1. The fourth-order valence-electron chi connectivity index (χ4n) is 3.76. The first-order chi connectivity index (χ1) is 8.90. The maximum absolute atomic E-state index is 12.2. The topological polar surface area (TPSA) is 41.3 Å². The molecule has 0 aliphatic carbocycles. The van der Waals surface area contributed by atoms with Gasteiger partial charge in [0.2, 0.25) is 0 Å². The summed E-state index contributed by atoms with van der Waals surface area (Å²) >= 11 is 0. The van der Waals surface area contributed by atoms with E-state index < -0.39 is 12.6 Å². The van der Waals surface area contributed by atoms with Gasteiger partial charge >= 0.3 is 6.18 Å². The SMILES string of the molecule is CN1C2CCC1CC(C(CCCC(F)(F)F)NN)C2. The quantitative estimate of drug-likeness (QED) is 0.600. The van der Waals surface area contributed by atoms with Crippen molar-refractivity contribution in [3.05, 3.63) is 0 Å². The number of halogens is 3. The third-order valence-electron chi connectivity index (χ3n) is 4.89. The molecule has 3 N–H and O–H groups in total. The number of rotatable bonds is 5. The summed E-state index contributed by atoms with van der Waals surface area (Å²) in [5, 5.41) is 0. The van der Waals surface area contributed by atoms with Gasteiger partial charge in [0, 0.05) is 24.5 Å². The lowest BCUT2D eigenvalue weighted by molar-refractivity contribution is -0.136. The number of alkyl halides is 3. The number of nitrogens with zero attached hydrogens (tertiary/aromatic N) is 1. The largest absolute Gasteiger partial charge is 0.389 e. The molecule has 0 amide bonds. The lowest BCUT2D eigenvalue weighted by atomic mass is 9.83. The zero-order chi connectivity index (χ0) is 14.0. The molecule has 0 aromatic carbocycles. The van der Waals surface area contributed by atoms with Gasteiger partial charge in [0.15, 0.2) is 0 Å². The molecule has 3 nitrogen and oxygen atoms in total. The van der Waals surface area contributed by atoms with Crippen molar-refractivity contribution in [1.29, 1.82) is 0 Å². The average Bonchev–Trinajstić information content (AvgIpc) is 2.56. The molecule has 6 heteroatoms. The van der Waals surface area contributed by atoms with Gasteiger partial charge in [-0.2, -0.15) is 13.2 Å². The Morgan fingerprint density at radius 3 is 2.32 bits per heavy atom. The van der Waals surface area contributed by atoms with Crippen LogP contribution in [0.1, 0.15) is 44.9 Å². The highest BCUT2D eigenvalue weighted by Gasteiger charge is 2.40. The van der Waals surface area contributed by atoms with Crippen LogP contribution in [0.4, 0.5) is 13.2 Å². The van der Waals surface area contributed by atoms with Gasteiger partial charge < -0.3 is 4.90 Å². The molecule has 19 heavy (non-hydrogen) atoms. The van der Waals surface area contributed by atoms with Crippen LogP contribution in [-0.2, 0) is 0 Å². The first-order valence-electron chi connectivity index (χ1n) is 7.15. The number of hydrogen-bond donors (Lipinski definition) is 2. The molecule has 2 aliphatic heterocycles. The monoisotopic (exact) mass is 279 g/mol. The minimum atomic E-state index is -4.05. The Morgan fingerprint density at radius 1 is 1.26 bits per heavy atom. The van der Waals surface area contributed by atoms with E-state index >= 15 is 0 Å². The maximum atomic E-state index is 12.2. The summed E-state index contributed by atoms with van der Waals surface area (Å²) in [6.07, 6.45) is 0.496. The Hall–Kier alpha value is -0.330. The van der Waals surface area contributed by atoms with E-state index in [1.807, 2.05) is 0 Å². The van der Waals surface area contributed by atoms with Gasteiger partial charge in [-0.15, -0.1) is 0 Å². The minimum absolute atomic E-state index is 0.0270. The van der Waals surface area contributed by atoms with Crippen LogP contribution in [0.3, 0.4) is 0 Å². The van der Waals surface area contributed by atoms with Crippen molar-refractivity contribution < 1.29 is 13.2 Å². The molecule has 0 aromatic heterocycles. The molecule has 2 heterocycles. The van der Waals surface area contributed by atoms with E-state index in [4.69, 9.17) is 5.84 Å². The van der Waals surface area contributed by atoms with Crippen LogP contribution in [0.5, 0.6) is 0 Å². The summed E-state index contributed by atoms with van der Waals surface area (Å²) in [5.74, 6) is 5.98. The zero-order valence-electron chi connectivity index (χ0n) is 11.4. The molecule has 112 valence electrons. The number of nitrogens with one attached hydrogen (secondary N) is 1. The smallest absolute Gasteiger partial charge is 0.300 e. The number of hydrogen-bond acceptors (Lipinski definition) is 3. The van der Waals surface area contributed by atoms with Gasteiger partial charge in [-0.3, -0.25) is 11.3 Å². The first kappa shape index (κ1) is 15.1. The molecule has 3 atom stereocenters. The molecule has 0 aromatic rings. The molecule has 2 fully saturated rings. The summed E-state index contributed by atoms with van der Waals surface area (Å²) in [6, 6.07) is 1.23. The van der Waals surface area contributed by atoms with Crippen molar-refractivity contribution in [3.8, 4) is 0 Å². The molecule has 2 bridgehead atoms. The van der Waals surface area contributed by atoms with Crippen molar-refractivity contribution in [2.24, 2.45) is 11.8 Å². The lowest BCUT2D eigenvalue weighted by Crippen LogP contribution is -2.48. The molecule has 0 saturated carbocycles. The van der Waals surface area contributed by atoms with Gasteiger partial charge in [-0.25, -0.2) is 0 Å². The normalized spacial score (nSPS) is 33.6. The number of fused-ring (bicyclic) bond motifs is 2. The highest BCUT2D eigenvalue weighted by Crippen LogP contribution is 2.39. The van der Waals surface area contributed by atoms with Gasteiger partial charge in [-0.05, 0) is 51.5 Å². The predicted molar refractivity (Wildman–Crippen MR) is 68.3 cm³/mol. The van der Waals surface area contributed by atoms with Gasteiger partial charge in [0.05, 0.1) is 0 Å². The van der Waals surface area contributed by atoms with Gasteiger partial charge in [0.25, 0.3) is 0 Å². The highest BCUT2D eigenvalue weighted by atomic mass is 19.4. The Balaban J connectivity index is 1.82. The number of piperidine rings is 1. The van der Waals surface area contributed by atoms with Crippen LogP contribution >= 0.6 is 0 Å². The van der Waals surface area contributed by atoms with Crippen molar-refractivity contribution in [3.63, 3.8) is 0 Å². The van der Waals surface area contributed by atoms with E-state index in [-0.39, 0.29) is 12.5 Å². The fraction of sp³-hybridized carbons (Fsp3) is 1.00. The molecular formula is C13H24F3N3. The Kier molecular flexibility index (Phi) is 4.74. The Labute approximate surface area is 112 Å². The lowest BCUT2D eigenvalue weighted by Gasteiger charge is -2.39. The standard InChI is InChI=1S/C13H24F3N3/c1-19-10-4-5-11(19)8-9(7-10)12(18-17)3-2-6-13(14,15)16/h9-12,18H,2-8,17H2,1H3. The average molecular weight is 279 g/mol. The third-order valence-corrected chi connectivity index (χ3v) is 4.89. The Morgan fingerprint density at radius 2 is 1.84 bits per heavy atom. The zero-order valence-corrected chi connectivity index (χ0v) is 11.4. The van der Waals surface area contributed by atoms with Crippen molar-refractivity contribution >= 4 is 0 Å². The van der Waals surface area contributed by atoms with Crippen molar-refractivity contribution in [2.75, 3.05) is 7.05 Å². The van der Waals surface area contributed by atoms with Crippen LogP contribution in [0, 0.1) is 5.92 Å². The summed E-state index contributed by atoms with van der Waals surface area (Å²) < 4.78 is 36.5. The second-order valence-corrected chi connectivity index (χ2v) is 6.06. The van der Waals surface area contributed by atoms with Crippen LogP contribution in [0.15, 0.2) is 0 Å². The first-order valence-corrected chi connectivity index (χ1v) is 7.15. The van der Waals surface area contributed by atoms with E-state index in [9.17, 15) is 13.2 Å². The van der Waals surface area contributed by atoms with Crippen LogP contribution in [-0.4, -0.2) is 36.2 Å². The number of hydrazine groups is 1. The van der Waals surface area contributed by atoms with E-state index in [0.29, 0.717) is 24.4 Å². The molecule has 3 unspecified atom stereocenters. The molecule has 0 radical (unpaired) electrons. The molecule has 2 saturated heterocycles. The third kappa shape index (κ3) is 3.83. The molecular weight excluding hydrogens is 255 g/mol. The second-order valence-electron chi connectivity index (χ2n) is 6.06.